The Morgan fingerprint density at radius 1 is 0.976 bits per heavy atom. The van der Waals surface area contributed by atoms with Crippen LogP contribution in [0, 0.1) is 0 Å². The summed E-state index contributed by atoms with van der Waals surface area (Å²) in [4.78, 5) is 3.93. The van der Waals surface area contributed by atoms with Crippen LogP contribution >= 0.6 is 11.8 Å². The van der Waals surface area contributed by atoms with Gasteiger partial charge in [0.2, 0.25) is 0 Å². The fourth-order valence-electron chi connectivity index (χ4n) is 6.50. The van der Waals surface area contributed by atoms with E-state index in [9.17, 15) is 0 Å². The van der Waals surface area contributed by atoms with E-state index in [0.717, 1.165) is 57.9 Å². The number of guanidine groups is 1. The maximum atomic E-state index is 3.86. The Morgan fingerprint density at radius 2 is 1.81 bits per heavy atom. The van der Waals surface area contributed by atoms with Gasteiger partial charge in [0, 0.05) is 29.3 Å². The Bertz CT molecular complexity index is 1650. The molecule has 0 saturated carbocycles. The zero-order valence-corrected chi connectivity index (χ0v) is 25.2. The molecule has 0 spiro atoms. The summed E-state index contributed by atoms with van der Waals surface area (Å²) >= 11 is 1.91. The molecule has 4 aromatic rings. The maximum absolute atomic E-state index is 3.86. The van der Waals surface area contributed by atoms with Crippen molar-refractivity contribution >= 4 is 46.2 Å². The minimum absolute atomic E-state index is 0.893. The zero-order valence-electron chi connectivity index (χ0n) is 24.4. The number of pyridine rings is 1. The van der Waals surface area contributed by atoms with Crippen LogP contribution in [0.3, 0.4) is 0 Å². The predicted molar refractivity (Wildman–Crippen MR) is 176 cm³/mol. The summed E-state index contributed by atoms with van der Waals surface area (Å²) in [6.07, 6.45) is 6.97. The maximum Gasteiger partial charge on any atom is 0.345 e. The van der Waals surface area contributed by atoms with Gasteiger partial charge >= 0.3 is 5.96 Å². The Balaban J connectivity index is 1.25. The van der Waals surface area contributed by atoms with Gasteiger partial charge in [-0.25, -0.2) is 0 Å². The normalized spacial score (nSPS) is 16.5. The van der Waals surface area contributed by atoms with E-state index >= 15 is 0 Å². The van der Waals surface area contributed by atoms with Crippen molar-refractivity contribution in [2.24, 2.45) is 0 Å². The van der Waals surface area contributed by atoms with Gasteiger partial charge in [-0.1, -0.05) is 67.2 Å². The average Bonchev–Trinajstić information content (AvgIpc) is 3.69. The summed E-state index contributed by atoms with van der Waals surface area (Å²) in [7, 11) is 0. The zero-order chi connectivity index (χ0) is 28.3. The monoisotopic (exact) mass is 576 g/mol. The Morgan fingerprint density at radius 3 is 2.67 bits per heavy atom. The minimum atomic E-state index is 0.893. The second-order valence-electron chi connectivity index (χ2n) is 11.2. The lowest BCUT2D eigenvalue weighted by Gasteiger charge is -2.27. The molecule has 3 N–H and O–H groups in total. The first-order chi connectivity index (χ1) is 20.8. The summed E-state index contributed by atoms with van der Waals surface area (Å²) in [5, 5.41) is 13.5. The van der Waals surface area contributed by atoms with E-state index in [0.29, 0.717) is 0 Å². The quantitative estimate of drug-likeness (QED) is 0.175. The van der Waals surface area contributed by atoms with Gasteiger partial charge in [-0.15, -0.1) is 0 Å². The number of hydrogen-bond acceptors (Lipinski definition) is 3. The predicted octanol–water partition coefficient (Wildman–Crippen LogP) is 5.75. The molecule has 1 saturated heterocycles. The van der Waals surface area contributed by atoms with Crippen molar-refractivity contribution in [1.82, 2.24) is 10.6 Å². The van der Waals surface area contributed by atoms with Gasteiger partial charge in [0.25, 0.3) is 5.82 Å². The highest BCUT2D eigenvalue weighted by Crippen LogP contribution is 2.50. The largest absolute Gasteiger partial charge is 0.345 e. The van der Waals surface area contributed by atoms with Crippen LogP contribution in [-0.4, -0.2) is 49.8 Å². The molecule has 214 valence electrons. The van der Waals surface area contributed by atoms with Crippen molar-refractivity contribution in [2.45, 2.75) is 37.5 Å². The number of aryl methyl sites for hydroxylation is 1. The first-order valence-electron chi connectivity index (χ1n) is 15.5. The van der Waals surface area contributed by atoms with E-state index in [-0.39, 0.29) is 0 Å². The second kappa shape index (κ2) is 12.1. The number of anilines is 2. The molecule has 1 fully saturated rings. The average molecular weight is 577 g/mol. The standard InChI is InChI=1S/C35H38N6S/c1-2-21-39(35-37-19-20-38-35)22-10-18-36-32-24-27(25-33-40-23-9-12-26-11-8-17-31(42-33)34(26)40)29-15-6-7-16-30(29)41(32)28-13-4-3-5-14-28/h3-8,11,13-17,24-25H,2,9-10,12,18-23H2,1H3,(H,37,38)/p+2. The van der Waals surface area contributed by atoms with Gasteiger partial charge < -0.3 is 4.90 Å². The van der Waals surface area contributed by atoms with E-state index < -0.39 is 0 Å². The number of para-hydroxylation sites is 3. The number of rotatable bonds is 9. The Labute approximate surface area is 253 Å². The van der Waals surface area contributed by atoms with Gasteiger partial charge in [-0.05, 0) is 60.7 Å². The highest BCUT2D eigenvalue weighted by atomic mass is 32.2. The number of nitrogens with zero attached hydrogens (tertiary/aromatic N) is 3. The lowest BCUT2D eigenvalue weighted by Crippen LogP contribution is -2.38. The molecule has 0 aliphatic carbocycles. The van der Waals surface area contributed by atoms with Crippen molar-refractivity contribution in [3.05, 3.63) is 95.0 Å². The van der Waals surface area contributed by atoms with E-state index in [1.54, 1.807) is 0 Å². The Hall–Kier alpha value is -3.97. The van der Waals surface area contributed by atoms with Gasteiger partial charge in [0.1, 0.15) is 11.2 Å². The van der Waals surface area contributed by atoms with Gasteiger partial charge in [-0.2, -0.15) is 4.57 Å². The molecule has 3 aliphatic rings. The fraction of sp³-hybridized carbons (Fsp3) is 0.314. The van der Waals surface area contributed by atoms with Crippen LogP contribution in [0.4, 0.5) is 11.5 Å². The molecule has 4 heterocycles. The van der Waals surface area contributed by atoms with Gasteiger partial charge in [0.05, 0.1) is 43.4 Å². The van der Waals surface area contributed by atoms with Crippen molar-refractivity contribution < 1.29 is 9.14 Å². The van der Waals surface area contributed by atoms with Crippen LogP contribution in [0.15, 0.2) is 88.8 Å². The smallest absolute Gasteiger partial charge is 0.335 e. The molecular weight excluding hydrogens is 536 g/mol. The van der Waals surface area contributed by atoms with E-state index in [2.05, 4.69) is 122 Å². The summed E-state index contributed by atoms with van der Waals surface area (Å²) in [5.74, 6) is 2.31. The molecule has 7 heteroatoms. The van der Waals surface area contributed by atoms with Crippen LogP contribution in [0.5, 0.6) is 0 Å². The van der Waals surface area contributed by atoms with Crippen LogP contribution < -0.4 is 25.4 Å². The number of thioether (sulfide) groups is 1. The van der Waals surface area contributed by atoms with Crippen LogP contribution in [-0.2, 0) is 6.42 Å². The summed E-state index contributed by atoms with van der Waals surface area (Å²) < 4.78 is 4.84. The molecule has 3 aliphatic heterocycles. The van der Waals surface area contributed by atoms with Crippen LogP contribution in [0.2, 0.25) is 0 Å². The number of aromatic nitrogens is 1. The molecule has 0 bridgehead atoms. The topological polar surface area (TPSA) is 46.2 Å². The lowest BCUT2D eigenvalue weighted by molar-refractivity contribution is -0.552. The van der Waals surface area contributed by atoms with Crippen LogP contribution in [0.1, 0.15) is 37.3 Å². The van der Waals surface area contributed by atoms with Crippen molar-refractivity contribution in [2.75, 3.05) is 49.5 Å². The lowest BCUT2D eigenvalue weighted by atomic mass is 10.0. The number of nitrogens with one attached hydrogen (secondary N) is 3. The van der Waals surface area contributed by atoms with Crippen molar-refractivity contribution in [1.29, 1.82) is 0 Å². The first-order valence-corrected chi connectivity index (χ1v) is 16.3. The number of fused-ring (bicyclic) bond motifs is 1. The first kappa shape index (κ1) is 26.9. The second-order valence-corrected chi connectivity index (χ2v) is 12.3. The molecule has 7 rings (SSSR count). The summed E-state index contributed by atoms with van der Waals surface area (Å²) in [5.41, 5.74) is 6.54. The van der Waals surface area contributed by atoms with Crippen molar-refractivity contribution in [3.8, 4) is 5.69 Å². The molecule has 0 radical (unpaired) electrons. The molecule has 1 aromatic heterocycles. The third-order valence-electron chi connectivity index (χ3n) is 8.37. The molecular formula is C35H40N6S+2. The molecule has 42 heavy (non-hydrogen) atoms. The number of hydrogen-bond donors (Lipinski definition) is 3. The fourth-order valence-corrected chi connectivity index (χ4v) is 7.69. The van der Waals surface area contributed by atoms with E-state index in [1.807, 2.05) is 11.8 Å². The third kappa shape index (κ3) is 5.22. The molecule has 6 nitrogen and oxygen atoms in total. The van der Waals surface area contributed by atoms with Crippen LogP contribution in [0.25, 0.3) is 22.7 Å². The third-order valence-corrected chi connectivity index (χ3v) is 9.47. The van der Waals surface area contributed by atoms with E-state index in [4.69, 9.17) is 0 Å². The molecule has 0 atom stereocenters. The molecule has 0 unspecified atom stereocenters. The minimum Gasteiger partial charge on any atom is -0.335 e. The molecule has 3 aromatic carbocycles. The van der Waals surface area contributed by atoms with Gasteiger partial charge in [-0.3, -0.25) is 20.5 Å². The Kier molecular flexibility index (Phi) is 7.75. The molecule has 0 amide bonds. The highest BCUT2D eigenvalue weighted by Gasteiger charge is 2.30. The van der Waals surface area contributed by atoms with Gasteiger partial charge in [0.15, 0.2) is 0 Å². The SMILES string of the molecule is CCC[N+](CCCNc1cc(C=C2Sc3cccc4c3N2CCC4)c2ccccc2[n+]1-c1ccccc1)=C1NCCN1. The van der Waals surface area contributed by atoms with Crippen molar-refractivity contribution in [3.63, 3.8) is 0 Å². The summed E-state index contributed by atoms with van der Waals surface area (Å²) in [6, 6.07) is 28.7. The number of benzene rings is 3. The van der Waals surface area contributed by atoms with E-state index in [1.165, 1.54) is 62.1 Å². The summed E-state index contributed by atoms with van der Waals surface area (Å²) in [6.45, 7) is 8.30. The highest BCUT2D eigenvalue weighted by molar-refractivity contribution is 8.03.